The second-order valence-electron chi connectivity index (χ2n) is 3.36. The molecule has 0 spiro atoms. The molecule has 1 rings (SSSR count). The molecule has 1 unspecified atom stereocenters. The summed E-state index contributed by atoms with van der Waals surface area (Å²) in [6.45, 7) is 2.42. The Hall–Kier alpha value is -0.870. The zero-order valence-electron chi connectivity index (χ0n) is 8.66. The average Bonchev–Trinajstić information content (AvgIpc) is 2.26. The summed E-state index contributed by atoms with van der Waals surface area (Å²) < 4.78 is 1.03. The van der Waals surface area contributed by atoms with Gasteiger partial charge in [0.25, 0.3) is 0 Å². The van der Waals surface area contributed by atoms with Crippen LogP contribution < -0.4 is 11.1 Å². The van der Waals surface area contributed by atoms with Gasteiger partial charge in [-0.05, 0) is 24.1 Å². The lowest BCUT2D eigenvalue weighted by Crippen LogP contribution is -2.39. The molecule has 0 fully saturated rings. The minimum atomic E-state index is -0.402. The van der Waals surface area contributed by atoms with Gasteiger partial charge in [-0.25, -0.2) is 0 Å². The summed E-state index contributed by atoms with van der Waals surface area (Å²) in [5.74, 6) is -0.0968. The van der Waals surface area contributed by atoms with Crippen molar-refractivity contribution in [3.63, 3.8) is 0 Å². The maximum absolute atomic E-state index is 11.4. The summed E-state index contributed by atoms with van der Waals surface area (Å²) >= 11 is 3.35. The van der Waals surface area contributed by atoms with Gasteiger partial charge in [0, 0.05) is 11.0 Å². The van der Waals surface area contributed by atoms with Crippen LogP contribution in [-0.2, 0) is 11.3 Å². The Labute approximate surface area is 98.2 Å². The van der Waals surface area contributed by atoms with Crippen LogP contribution in [-0.4, -0.2) is 11.9 Å². The van der Waals surface area contributed by atoms with Crippen LogP contribution in [0, 0.1) is 0 Å². The number of hydrogen-bond donors (Lipinski definition) is 2. The number of carbonyl (C=O) groups excluding carboxylic acids is 1. The second-order valence-corrected chi connectivity index (χ2v) is 4.27. The quantitative estimate of drug-likeness (QED) is 0.877. The Balaban J connectivity index is 2.43. The largest absolute Gasteiger partial charge is 0.351 e. The number of carbonyl (C=O) groups is 1. The molecule has 0 bridgehead atoms. The van der Waals surface area contributed by atoms with E-state index >= 15 is 0 Å². The van der Waals surface area contributed by atoms with E-state index in [9.17, 15) is 4.79 Å². The van der Waals surface area contributed by atoms with Crippen molar-refractivity contribution < 1.29 is 4.79 Å². The third-order valence-corrected chi connectivity index (χ3v) is 2.69. The number of halogens is 1. The highest BCUT2D eigenvalue weighted by Gasteiger charge is 2.09. The number of nitrogens with two attached hydrogens (primary N) is 1. The molecular formula is C11H15BrN2O. The first-order valence-electron chi connectivity index (χ1n) is 4.91. The molecule has 0 saturated heterocycles. The predicted molar refractivity (Wildman–Crippen MR) is 64.3 cm³/mol. The van der Waals surface area contributed by atoms with Crippen LogP contribution in [0.25, 0.3) is 0 Å². The zero-order valence-corrected chi connectivity index (χ0v) is 10.3. The lowest BCUT2D eigenvalue weighted by Gasteiger charge is -2.09. The fourth-order valence-corrected chi connectivity index (χ4v) is 1.37. The average molecular weight is 271 g/mol. The number of nitrogens with one attached hydrogen (secondary N) is 1. The molecule has 4 heteroatoms. The first kappa shape index (κ1) is 12.2. The molecule has 0 heterocycles. The highest BCUT2D eigenvalue weighted by molar-refractivity contribution is 9.10. The number of benzene rings is 1. The molecule has 3 N–H and O–H groups in total. The fraction of sp³-hybridized carbons (Fsp3) is 0.364. The minimum absolute atomic E-state index is 0.0968. The van der Waals surface area contributed by atoms with Crippen LogP contribution in [0.5, 0.6) is 0 Å². The molecule has 1 atom stereocenters. The van der Waals surface area contributed by atoms with E-state index < -0.39 is 6.04 Å². The number of hydrogen-bond acceptors (Lipinski definition) is 2. The van der Waals surface area contributed by atoms with Gasteiger partial charge >= 0.3 is 0 Å². The molecule has 1 aromatic rings. The highest BCUT2D eigenvalue weighted by Crippen LogP contribution is 2.10. The van der Waals surface area contributed by atoms with Gasteiger partial charge in [-0.15, -0.1) is 0 Å². The van der Waals surface area contributed by atoms with E-state index in [0.29, 0.717) is 13.0 Å². The maximum Gasteiger partial charge on any atom is 0.237 e. The molecule has 1 amide bonds. The molecule has 82 valence electrons. The van der Waals surface area contributed by atoms with E-state index in [-0.39, 0.29) is 5.91 Å². The predicted octanol–water partition coefficient (Wildman–Crippen LogP) is 1.80. The van der Waals surface area contributed by atoms with Crippen LogP contribution in [0.4, 0.5) is 0 Å². The van der Waals surface area contributed by atoms with E-state index in [0.717, 1.165) is 10.0 Å². The lowest BCUT2D eigenvalue weighted by molar-refractivity contribution is -0.122. The Morgan fingerprint density at radius 3 is 2.60 bits per heavy atom. The molecule has 0 saturated carbocycles. The molecular weight excluding hydrogens is 256 g/mol. The van der Waals surface area contributed by atoms with E-state index in [1.54, 1.807) is 0 Å². The maximum atomic E-state index is 11.4. The first-order chi connectivity index (χ1) is 7.13. The summed E-state index contributed by atoms with van der Waals surface area (Å²) in [6, 6.07) is 7.41. The Morgan fingerprint density at radius 1 is 1.47 bits per heavy atom. The van der Waals surface area contributed by atoms with Crippen molar-refractivity contribution in [2.75, 3.05) is 0 Å². The molecule has 0 aliphatic rings. The van der Waals surface area contributed by atoms with E-state index in [1.165, 1.54) is 0 Å². The van der Waals surface area contributed by atoms with Crippen LogP contribution in [0.1, 0.15) is 18.9 Å². The van der Waals surface area contributed by atoms with Crippen LogP contribution >= 0.6 is 15.9 Å². The van der Waals surface area contributed by atoms with Crippen LogP contribution in [0.2, 0.25) is 0 Å². The van der Waals surface area contributed by atoms with E-state index in [2.05, 4.69) is 21.2 Å². The topological polar surface area (TPSA) is 55.1 Å². The van der Waals surface area contributed by atoms with Crippen molar-refractivity contribution in [3.05, 3.63) is 34.3 Å². The number of rotatable bonds is 4. The molecule has 0 aliphatic heterocycles. The van der Waals surface area contributed by atoms with Gasteiger partial charge in [0.1, 0.15) is 0 Å². The fourth-order valence-electron chi connectivity index (χ4n) is 1.11. The standard InChI is InChI=1S/C11H15BrN2O/c1-2-10(13)11(15)14-7-8-3-5-9(12)6-4-8/h3-6,10H,2,7,13H2,1H3,(H,14,15). The molecule has 1 aromatic carbocycles. The molecule has 0 aromatic heterocycles. The smallest absolute Gasteiger partial charge is 0.237 e. The molecule has 0 radical (unpaired) electrons. The normalized spacial score (nSPS) is 12.2. The molecule has 3 nitrogen and oxygen atoms in total. The van der Waals surface area contributed by atoms with Crippen LogP contribution in [0.3, 0.4) is 0 Å². The summed E-state index contributed by atoms with van der Waals surface area (Å²) in [7, 11) is 0. The van der Waals surface area contributed by atoms with Gasteiger partial charge in [-0.1, -0.05) is 35.0 Å². The van der Waals surface area contributed by atoms with E-state index in [4.69, 9.17) is 5.73 Å². The highest BCUT2D eigenvalue weighted by atomic mass is 79.9. The van der Waals surface area contributed by atoms with Crippen molar-refractivity contribution in [2.45, 2.75) is 25.9 Å². The Bertz CT molecular complexity index is 324. The Kier molecular flexibility index (Phi) is 4.78. The van der Waals surface area contributed by atoms with Gasteiger partial charge in [-0.2, -0.15) is 0 Å². The monoisotopic (exact) mass is 270 g/mol. The third kappa shape index (κ3) is 4.01. The zero-order chi connectivity index (χ0) is 11.3. The minimum Gasteiger partial charge on any atom is -0.351 e. The summed E-state index contributed by atoms with van der Waals surface area (Å²) in [4.78, 5) is 11.4. The van der Waals surface area contributed by atoms with Gasteiger partial charge in [0.2, 0.25) is 5.91 Å². The van der Waals surface area contributed by atoms with Gasteiger partial charge in [-0.3, -0.25) is 4.79 Å². The van der Waals surface area contributed by atoms with Crippen molar-refractivity contribution in [1.82, 2.24) is 5.32 Å². The van der Waals surface area contributed by atoms with Gasteiger partial charge in [0.05, 0.1) is 6.04 Å². The number of amides is 1. The van der Waals surface area contributed by atoms with Gasteiger partial charge < -0.3 is 11.1 Å². The van der Waals surface area contributed by atoms with E-state index in [1.807, 2.05) is 31.2 Å². The summed E-state index contributed by atoms with van der Waals surface area (Å²) in [6.07, 6.45) is 0.659. The lowest BCUT2D eigenvalue weighted by atomic mass is 10.2. The SMILES string of the molecule is CCC(N)C(=O)NCc1ccc(Br)cc1. The summed E-state index contributed by atoms with van der Waals surface area (Å²) in [5.41, 5.74) is 6.65. The van der Waals surface area contributed by atoms with Crippen molar-refractivity contribution in [1.29, 1.82) is 0 Å². The molecule has 0 aliphatic carbocycles. The van der Waals surface area contributed by atoms with Gasteiger partial charge in [0.15, 0.2) is 0 Å². The van der Waals surface area contributed by atoms with Crippen LogP contribution in [0.15, 0.2) is 28.7 Å². The van der Waals surface area contributed by atoms with Crippen molar-refractivity contribution >= 4 is 21.8 Å². The Morgan fingerprint density at radius 2 is 2.07 bits per heavy atom. The molecule has 15 heavy (non-hydrogen) atoms. The third-order valence-electron chi connectivity index (χ3n) is 2.16. The van der Waals surface area contributed by atoms with Crippen molar-refractivity contribution in [3.8, 4) is 0 Å². The van der Waals surface area contributed by atoms with Crippen molar-refractivity contribution in [2.24, 2.45) is 5.73 Å². The summed E-state index contributed by atoms with van der Waals surface area (Å²) in [5, 5.41) is 2.79. The first-order valence-corrected chi connectivity index (χ1v) is 5.70. The second kappa shape index (κ2) is 5.88.